The Balaban J connectivity index is 2.26. The minimum atomic E-state index is 0.561. The van der Waals surface area contributed by atoms with E-state index in [0.717, 1.165) is 31.7 Å². The van der Waals surface area contributed by atoms with Crippen molar-refractivity contribution in [1.82, 2.24) is 4.98 Å². The normalized spacial score (nSPS) is 17.7. The van der Waals surface area contributed by atoms with Gasteiger partial charge in [0, 0.05) is 11.6 Å². The molecule has 0 amide bonds. The highest BCUT2D eigenvalue weighted by atomic mass is 16.5. The van der Waals surface area contributed by atoms with Crippen LogP contribution in [-0.2, 0) is 4.74 Å². The summed E-state index contributed by atoms with van der Waals surface area (Å²) in [6, 6.07) is 6.42. The molecule has 0 saturated carbocycles. The topological polar surface area (TPSA) is 22.1 Å². The fourth-order valence-electron chi connectivity index (χ4n) is 2.62. The van der Waals surface area contributed by atoms with Crippen LogP contribution in [-0.4, -0.2) is 18.2 Å². The minimum absolute atomic E-state index is 0.561. The highest BCUT2D eigenvalue weighted by molar-refractivity contribution is 5.63. The number of nitrogens with zero attached hydrogens (tertiary/aromatic N) is 1. The SMILES string of the molecule is CC[C@@H](c1cccc(C2=CCOCC2)n1)C(C)C. The van der Waals surface area contributed by atoms with Gasteiger partial charge in [-0.25, -0.2) is 0 Å². The van der Waals surface area contributed by atoms with Gasteiger partial charge in [0.25, 0.3) is 0 Å². The summed E-state index contributed by atoms with van der Waals surface area (Å²) in [5.74, 6) is 1.20. The summed E-state index contributed by atoms with van der Waals surface area (Å²) in [5.41, 5.74) is 3.70. The van der Waals surface area contributed by atoms with Crippen molar-refractivity contribution < 1.29 is 4.74 Å². The van der Waals surface area contributed by atoms with Crippen LogP contribution in [0.15, 0.2) is 24.3 Å². The molecular weight excluding hydrogens is 222 g/mol. The van der Waals surface area contributed by atoms with Gasteiger partial charge < -0.3 is 4.74 Å². The van der Waals surface area contributed by atoms with Crippen LogP contribution in [0.25, 0.3) is 5.57 Å². The van der Waals surface area contributed by atoms with E-state index in [-0.39, 0.29) is 0 Å². The maximum absolute atomic E-state index is 5.35. The smallest absolute Gasteiger partial charge is 0.0663 e. The molecule has 2 rings (SSSR count). The molecular formula is C16H23NO. The molecule has 18 heavy (non-hydrogen) atoms. The lowest BCUT2D eigenvalue weighted by Crippen LogP contribution is -2.10. The Kier molecular flexibility index (Phi) is 4.54. The highest BCUT2D eigenvalue weighted by Crippen LogP contribution is 2.28. The molecule has 0 saturated heterocycles. The van der Waals surface area contributed by atoms with E-state index < -0.39 is 0 Å². The summed E-state index contributed by atoms with van der Waals surface area (Å²) < 4.78 is 5.35. The number of hydrogen-bond donors (Lipinski definition) is 0. The molecule has 0 bridgehead atoms. The van der Waals surface area contributed by atoms with E-state index in [2.05, 4.69) is 45.0 Å². The molecule has 0 aliphatic carbocycles. The standard InChI is InChI=1S/C16H23NO/c1-4-14(12(2)3)16-7-5-6-15(17-16)13-8-10-18-11-9-13/h5-8,12,14H,4,9-11H2,1-3H3/t14-/m1/s1. The number of ether oxygens (including phenoxy) is 1. The quantitative estimate of drug-likeness (QED) is 0.799. The molecule has 1 atom stereocenters. The summed E-state index contributed by atoms with van der Waals surface area (Å²) >= 11 is 0. The van der Waals surface area contributed by atoms with Crippen molar-refractivity contribution in [1.29, 1.82) is 0 Å². The van der Waals surface area contributed by atoms with E-state index in [1.165, 1.54) is 11.3 Å². The van der Waals surface area contributed by atoms with Crippen LogP contribution in [0.4, 0.5) is 0 Å². The van der Waals surface area contributed by atoms with Crippen molar-refractivity contribution >= 4 is 5.57 Å². The Bertz CT molecular complexity index is 423. The van der Waals surface area contributed by atoms with Crippen molar-refractivity contribution in [2.75, 3.05) is 13.2 Å². The Morgan fingerprint density at radius 1 is 1.33 bits per heavy atom. The molecule has 1 aromatic rings. The average molecular weight is 245 g/mol. The molecule has 0 spiro atoms. The zero-order valence-corrected chi connectivity index (χ0v) is 11.6. The molecule has 0 fully saturated rings. The van der Waals surface area contributed by atoms with Crippen molar-refractivity contribution in [3.8, 4) is 0 Å². The van der Waals surface area contributed by atoms with Crippen LogP contribution in [0.1, 0.15) is 50.9 Å². The molecule has 2 heterocycles. The Hall–Kier alpha value is -1.15. The van der Waals surface area contributed by atoms with Gasteiger partial charge in [-0.15, -0.1) is 0 Å². The Morgan fingerprint density at radius 3 is 2.78 bits per heavy atom. The molecule has 2 heteroatoms. The molecule has 2 nitrogen and oxygen atoms in total. The number of aromatic nitrogens is 1. The lowest BCUT2D eigenvalue weighted by Gasteiger charge is -2.20. The zero-order valence-electron chi connectivity index (χ0n) is 11.6. The first kappa shape index (κ1) is 13.3. The fraction of sp³-hybridized carbons (Fsp3) is 0.562. The van der Waals surface area contributed by atoms with E-state index >= 15 is 0 Å². The maximum Gasteiger partial charge on any atom is 0.0663 e. The highest BCUT2D eigenvalue weighted by Gasteiger charge is 2.16. The third kappa shape index (κ3) is 2.99. The lowest BCUT2D eigenvalue weighted by molar-refractivity contribution is 0.161. The largest absolute Gasteiger partial charge is 0.377 e. The number of pyridine rings is 1. The molecule has 0 aromatic carbocycles. The van der Waals surface area contributed by atoms with Gasteiger partial charge in [-0.3, -0.25) is 4.98 Å². The monoisotopic (exact) mass is 245 g/mol. The second-order valence-electron chi connectivity index (χ2n) is 5.26. The summed E-state index contributed by atoms with van der Waals surface area (Å²) in [4.78, 5) is 4.86. The van der Waals surface area contributed by atoms with E-state index in [4.69, 9.17) is 9.72 Å². The summed E-state index contributed by atoms with van der Waals surface area (Å²) in [5, 5.41) is 0. The second kappa shape index (κ2) is 6.14. The summed E-state index contributed by atoms with van der Waals surface area (Å²) in [7, 11) is 0. The van der Waals surface area contributed by atoms with E-state index in [1.54, 1.807) is 0 Å². The summed E-state index contributed by atoms with van der Waals surface area (Å²) in [6.07, 6.45) is 4.29. The third-order valence-electron chi connectivity index (χ3n) is 3.69. The third-order valence-corrected chi connectivity index (χ3v) is 3.69. The van der Waals surface area contributed by atoms with Crippen LogP contribution in [0.2, 0.25) is 0 Å². The first-order chi connectivity index (χ1) is 8.72. The van der Waals surface area contributed by atoms with Crippen molar-refractivity contribution in [2.45, 2.75) is 39.5 Å². The van der Waals surface area contributed by atoms with Crippen LogP contribution in [0.5, 0.6) is 0 Å². The number of hydrogen-bond acceptors (Lipinski definition) is 2. The van der Waals surface area contributed by atoms with Gasteiger partial charge in [0.15, 0.2) is 0 Å². The van der Waals surface area contributed by atoms with Gasteiger partial charge in [-0.05, 0) is 36.5 Å². The first-order valence-electron chi connectivity index (χ1n) is 6.96. The van der Waals surface area contributed by atoms with Crippen molar-refractivity contribution in [3.63, 3.8) is 0 Å². The average Bonchev–Trinajstić information content (AvgIpc) is 2.40. The molecule has 0 radical (unpaired) electrons. The zero-order chi connectivity index (χ0) is 13.0. The molecule has 98 valence electrons. The van der Waals surface area contributed by atoms with Crippen LogP contribution >= 0.6 is 0 Å². The van der Waals surface area contributed by atoms with Gasteiger partial charge >= 0.3 is 0 Å². The predicted molar refractivity (Wildman–Crippen MR) is 75.5 cm³/mol. The van der Waals surface area contributed by atoms with E-state index in [0.29, 0.717) is 11.8 Å². The molecule has 0 N–H and O–H groups in total. The van der Waals surface area contributed by atoms with Gasteiger partial charge in [0.2, 0.25) is 0 Å². The van der Waals surface area contributed by atoms with E-state index in [9.17, 15) is 0 Å². The molecule has 1 aliphatic rings. The Morgan fingerprint density at radius 2 is 2.17 bits per heavy atom. The number of rotatable bonds is 4. The lowest BCUT2D eigenvalue weighted by atomic mass is 9.89. The molecule has 1 aliphatic heterocycles. The molecule has 1 aromatic heterocycles. The summed E-state index contributed by atoms with van der Waals surface area (Å²) in [6.45, 7) is 8.33. The van der Waals surface area contributed by atoms with Crippen molar-refractivity contribution in [2.24, 2.45) is 5.92 Å². The minimum Gasteiger partial charge on any atom is -0.377 e. The van der Waals surface area contributed by atoms with Gasteiger partial charge in [0.1, 0.15) is 0 Å². The van der Waals surface area contributed by atoms with Crippen LogP contribution < -0.4 is 0 Å². The second-order valence-corrected chi connectivity index (χ2v) is 5.26. The predicted octanol–water partition coefficient (Wildman–Crippen LogP) is 4.03. The maximum atomic E-state index is 5.35. The van der Waals surface area contributed by atoms with Gasteiger partial charge in [0.05, 0.1) is 18.9 Å². The Labute approximate surface area is 110 Å². The van der Waals surface area contributed by atoms with Crippen molar-refractivity contribution in [3.05, 3.63) is 35.7 Å². The first-order valence-corrected chi connectivity index (χ1v) is 6.96. The van der Waals surface area contributed by atoms with Gasteiger partial charge in [-0.2, -0.15) is 0 Å². The fourth-order valence-corrected chi connectivity index (χ4v) is 2.62. The van der Waals surface area contributed by atoms with Crippen LogP contribution in [0, 0.1) is 5.92 Å². The van der Waals surface area contributed by atoms with Crippen LogP contribution in [0.3, 0.4) is 0 Å². The van der Waals surface area contributed by atoms with E-state index in [1.807, 2.05) is 0 Å². The van der Waals surface area contributed by atoms with Gasteiger partial charge in [-0.1, -0.05) is 32.9 Å². The molecule has 0 unspecified atom stereocenters.